The summed E-state index contributed by atoms with van der Waals surface area (Å²) < 4.78 is 0. The van der Waals surface area contributed by atoms with Crippen molar-refractivity contribution in [3.8, 4) is 0 Å². The van der Waals surface area contributed by atoms with Crippen LogP contribution in [0.25, 0.3) is 0 Å². The second-order valence-electron chi connectivity index (χ2n) is 7.60. The molecule has 0 aromatic rings. The molecule has 0 aliphatic rings. The minimum atomic E-state index is 1.37. The summed E-state index contributed by atoms with van der Waals surface area (Å²) in [6.07, 6.45) is 27.3. The molecule has 0 heterocycles. The molecule has 0 atom stereocenters. The number of unbranched alkanes of at least 4 members (excludes halogenated alkanes) is 13. The van der Waals surface area contributed by atoms with Gasteiger partial charge >= 0.3 is 0 Å². The maximum atomic E-state index is 2.31. The van der Waals surface area contributed by atoms with Crippen LogP contribution in [0.3, 0.4) is 0 Å². The second-order valence-corrected chi connectivity index (χ2v) is 7.60. The highest BCUT2D eigenvalue weighted by Gasteiger charge is 2.09. The van der Waals surface area contributed by atoms with Gasteiger partial charge in [0.2, 0.25) is 0 Å². The molecular weight excluding hydrogens is 276 g/mol. The molecule has 23 heavy (non-hydrogen) atoms. The second kappa shape index (κ2) is 20.0. The van der Waals surface area contributed by atoms with Crippen LogP contribution >= 0.6 is 0 Å². The first-order valence-electron chi connectivity index (χ1n) is 11.2. The van der Waals surface area contributed by atoms with Crippen molar-refractivity contribution >= 4 is 0 Å². The summed E-state index contributed by atoms with van der Waals surface area (Å²) in [7, 11) is 0. The van der Waals surface area contributed by atoms with Crippen molar-refractivity contribution in [3.05, 3.63) is 5.92 Å². The molecule has 0 aliphatic carbocycles. The van der Waals surface area contributed by atoms with Gasteiger partial charge in [-0.2, -0.15) is 0 Å². The molecule has 139 valence electrons. The van der Waals surface area contributed by atoms with E-state index in [0.717, 1.165) is 0 Å². The molecule has 0 aliphatic heterocycles. The van der Waals surface area contributed by atoms with Crippen LogP contribution in [0.4, 0.5) is 0 Å². The molecule has 0 rings (SSSR count). The Hall–Kier alpha value is 0. The van der Waals surface area contributed by atoms with Crippen LogP contribution in [-0.2, 0) is 0 Å². The Labute approximate surface area is 149 Å². The maximum absolute atomic E-state index is 2.31. The first-order valence-corrected chi connectivity index (χ1v) is 11.2. The standard InChI is InChI=1S/C23H47/c1-4-7-10-13-16-19-22-23(20-17-14-11-8-5-2)21-18-15-12-9-6-3/h4-22H2,1-3H3. The Morgan fingerprint density at radius 1 is 0.348 bits per heavy atom. The van der Waals surface area contributed by atoms with Crippen molar-refractivity contribution in [2.24, 2.45) is 0 Å². The summed E-state index contributed by atoms with van der Waals surface area (Å²) in [5.41, 5.74) is 0. The van der Waals surface area contributed by atoms with Gasteiger partial charge in [0, 0.05) is 0 Å². The van der Waals surface area contributed by atoms with E-state index in [-0.39, 0.29) is 0 Å². The van der Waals surface area contributed by atoms with E-state index < -0.39 is 0 Å². The Morgan fingerprint density at radius 3 is 0.913 bits per heavy atom. The van der Waals surface area contributed by atoms with Gasteiger partial charge in [-0.1, -0.05) is 124 Å². The van der Waals surface area contributed by atoms with Crippen molar-refractivity contribution in [2.75, 3.05) is 0 Å². The van der Waals surface area contributed by atoms with Gasteiger partial charge in [0.1, 0.15) is 0 Å². The fourth-order valence-electron chi connectivity index (χ4n) is 3.49. The third-order valence-corrected chi connectivity index (χ3v) is 5.15. The first kappa shape index (κ1) is 23.0. The molecule has 0 saturated carbocycles. The highest BCUT2D eigenvalue weighted by Crippen LogP contribution is 2.26. The average molecular weight is 324 g/mol. The summed E-state index contributed by atoms with van der Waals surface area (Å²) in [6, 6.07) is 0. The minimum absolute atomic E-state index is 1.37. The fraction of sp³-hybridized carbons (Fsp3) is 0.957. The molecule has 0 N–H and O–H groups in total. The van der Waals surface area contributed by atoms with Crippen molar-refractivity contribution in [1.29, 1.82) is 0 Å². The minimum Gasteiger partial charge on any atom is -0.0654 e. The Balaban J connectivity index is 3.73. The first-order chi connectivity index (χ1) is 11.3. The van der Waals surface area contributed by atoms with Crippen molar-refractivity contribution in [2.45, 2.75) is 143 Å². The zero-order valence-corrected chi connectivity index (χ0v) is 16.9. The predicted octanol–water partition coefficient (Wildman–Crippen LogP) is 9.03. The fourth-order valence-corrected chi connectivity index (χ4v) is 3.49. The lowest BCUT2D eigenvalue weighted by Crippen LogP contribution is -1.99. The molecule has 0 aromatic heterocycles. The zero-order chi connectivity index (χ0) is 17.0. The van der Waals surface area contributed by atoms with E-state index in [9.17, 15) is 0 Å². The van der Waals surface area contributed by atoms with E-state index in [0.29, 0.717) is 0 Å². The highest BCUT2D eigenvalue weighted by atomic mass is 14.1. The zero-order valence-electron chi connectivity index (χ0n) is 16.9. The number of hydrogen-bond acceptors (Lipinski definition) is 0. The lowest BCUT2D eigenvalue weighted by Gasteiger charge is -2.16. The van der Waals surface area contributed by atoms with E-state index in [4.69, 9.17) is 0 Å². The van der Waals surface area contributed by atoms with Gasteiger partial charge < -0.3 is 0 Å². The molecule has 0 spiro atoms. The van der Waals surface area contributed by atoms with E-state index in [1.54, 1.807) is 0 Å². The summed E-state index contributed by atoms with van der Waals surface area (Å²) >= 11 is 0. The van der Waals surface area contributed by atoms with E-state index in [2.05, 4.69) is 20.8 Å². The van der Waals surface area contributed by atoms with Gasteiger partial charge in [-0.25, -0.2) is 0 Å². The molecular formula is C23H47. The molecule has 1 radical (unpaired) electrons. The van der Waals surface area contributed by atoms with Crippen LogP contribution in [0, 0.1) is 5.92 Å². The van der Waals surface area contributed by atoms with Gasteiger partial charge in [-0.05, 0) is 25.2 Å². The molecule has 0 bridgehead atoms. The quantitative estimate of drug-likeness (QED) is 0.208. The van der Waals surface area contributed by atoms with E-state index >= 15 is 0 Å². The third kappa shape index (κ3) is 18.2. The SMILES string of the molecule is CCCCCCCC[C](CCCCCCC)CCCCCCC. The van der Waals surface area contributed by atoms with Gasteiger partial charge in [-0.3, -0.25) is 0 Å². The molecule has 0 heteroatoms. The van der Waals surface area contributed by atoms with Crippen LogP contribution in [0.5, 0.6) is 0 Å². The topological polar surface area (TPSA) is 0 Å². The summed E-state index contributed by atoms with van der Waals surface area (Å²) in [5, 5.41) is 0. The van der Waals surface area contributed by atoms with Gasteiger partial charge in [-0.15, -0.1) is 0 Å². The Kier molecular flexibility index (Phi) is 20.0. The summed E-state index contributed by atoms with van der Waals surface area (Å²) in [5.74, 6) is 1.91. The molecule has 0 amide bonds. The predicted molar refractivity (Wildman–Crippen MR) is 108 cm³/mol. The van der Waals surface area contributed by atoms with Crippen LogP contribution < -0.4 is 0 Å². The lowest BCUT2D eigenvalue weighted by atomic mass is 9.89. The maximum Gasteiger partial charge on any atom is -0.0241 e. The van der Waals surface area contributed by atoms with Crippen molar-refractivity contribution in [1.82, 2.24) is 0 Å². The van der Waals surface area contributed by atoms with Gasteiger partial charge in [0.25, 0.3) is 0 Å². The average Bonchev–Trinajstić information content (AvgIpc) is 2.56. The smallest absolute Gasteiger partial charge is 0.0241 e. The van der Waals surface area contributed by atoms with Crippen LogP contribution in [0.1, 0.15) is 143 Å². The molecule has 0 saturated heterocycles. The van der Waals surface area contributed by atoms with E-state index in [1.165, 1.54) is 122 Å². The van der Waals surface area contributed by atoms with Gasteiger partial charge in [0.05, 0.1) is 0 Å². The number of hydrogen-bond donors (Lipinski definition) is 0. The molecule has 0 unspecified atom stereocenters. The summed E-state index contributed by atoms with van der Waals surface area (Å²) in [6.45, 7) is 6.93. The van der Waals surface area contributed by atoms with Crippen molar-refractivity contribution < 1.29 is 0 Å². The third-order valence-electron chi connectivity index (χ3n) is 5.15. The van der Waals surface area contributed by atoms with Crippen molar-refractivity contribution in [3.63, 3.8) is 0 Å². The number of rotatable bonds is 19. The highest BCUT2D eigenvalue weighted by molar-refractivity contribution is 4.89. The Morgan fingerprint density at radius 2 is 0.609 bits per heavy atom. The van der Waals surface area contributed by atoms with Crippen LogP contribution in [-0.4, -0.2) is 0 Å². The van der Waals surface area contributed by atoms with E-state index in [1.807, 2.05) is 5.92 Å². The molecule has 0 fully saturated rings. The molecule has 0 nitrogen and oxygen atoms in total. The van der Waals surface area contributed by atoms with Crippen LogP contribution in [0.2, 0.25) is 0 Å². The molecule has 0 aromatic carbocycles. The monoisotopic (exact) mass is 323 g/mol. The Bertz CT molecular complexity index is 182. The summed E-state index contributed by atoms with van der Waals surface area (Å²) in [4.78, 5) is 0. The lowest BCUT2D eigenvalue weighted by molar-refractivity contribution is 0.516. The largest absolute Gasteiger partial charge is 0.0654 e. The van der Waals surface area contributed by atoms with Crippen LogP contribution in [0.15, 0.2) is 0 Å². The normalized spacial score (nSPS) is 11.5. The van der Waals surface area contributed by atoms with Gasteiger partial charge in [0.15, 0.2) is 0 Å².